The zero-order valence-electron chi connectivity index (χ0n) is 39.8. The zero-order chi connectivity index (χ0) is 48.0. The van der Waals surface area contributed by atoms with Crippen LogP contribution in [0.15, 0.2) is 104 Å². The fourth-order valence-electron chi connectivity index (χ4n) is 10.0. The molecule has 16 nitrogen and oxygen atoms in total. The lowest BCUT2D eigenvalue weighted by Gasteiger charge is -2.32. The lowest BCUT2D eigenvalue weighted by molar-refractivity contribution is -0.136. The van der Waals surface area contributed by atoms with Crippen LogP contribution < -0.4 is 16.0 Å². The molecule has 0 bridgehead atoms. The Morgan fingerprint density at radius 3 is 1.57 bits per heavy atom. The van der Waals surface area contributed by atoms with Crippen molar-refractivity contribution in [3.63, 3.8) is 0 Å². The highest BCUT2D eigenvalue weighted by Gasteiger charge is 2.35. The van der Waals surface area contributed by atoms with E-state index in [0.717, 1.165) is 83.8 Å². The maximum absolute atomic E-state index is 13.3. The minimum absolute atomic E-state index is 0. The van der Waals surface area contributed by atoms with E-state index in [4.69, 9.17) is 37.9 Å². The van der Waals surface area contributed by atoms with Crippen molar-refractivity contribution in [2.45, 2.75) is 57.2 Å². The third kappa shape index (κ3) is 12.1. The molecule has 4 fully saturated rings. The maximum atomic E-state index is 13.3. The minimum Gasteiger partial charge on any atom is -0.445 e. The molecule has 20 heteroatoms. The number of hydrogen-bond acceptors (Lipinski definition) is 11. The molecule has 0 unspecified atom stereocenters. The van der Waals surface area contributed by atoms with Crippen LogP contribution in [0.1, 0.15) is 44.1 Å². The van der Waals surface area contributed by atoms with Crippen LogP contribution in [0.2, 0.25) is 10.0 Å². The molecule has 2 atom stereocenters. The van der Waals surface area contributed by atoms with Crippen LogP contribution in [-0.4, -0.2) is 127 Å². The Balaban J connectivity index is 0.000000194. The van der Waals surface area contributed by atoms with Gasteiger partial charge in [-0.25, -0.2) is 24.7 Å². The van der Waals surface area contributed by atoms with Crippen LogP contribution in [0.4, 0.5) is 16.7 Å². The first kappa shape index (κ1) is 52.3. The summed E-state index contributed by atoms with van der Waals surface area (Å²) in [6.07, 6.45) is 11.6. The molecular formula is C52H60Cl2N12O4S2. The van der Waals surface area contributed by atoms with Gasteiger partial charge < -0.3 is 45.4 Å². The maximum Gasteiger partial charge on any atom is 0.410 e. The smallest absolute Gasteiger partial charge is 0.410 e. The van der Waals surface area contributed by atoms with Crippen molar-refractivity contribution in [3.8, 4) is 22.5 Å². The number of amides is 3. The lowest BCUT2D eigenvalue weighted by Crippen LogP contribution is -2.44. The van der Waals surface area contributed by atoms with Gasteiger partial charge in [-0.15, -0.1) is 0 Å². The fraction of sp³-hybridized carbons (Fsp3) is 0.365. The number of aromatic nitrogens is 6. The Bertz CT molecular complexity index is 2970. The molecule has 0 aliphatic carbocycles. The number of piperidine rings is 2. The number of nitrogens with one attached hydrogen (secondary N) is 5. The second-order valence-corrected chi connectivity index (χ2v) is 19.2. The van der Waals surface area contributed by atoms with Crippen LogP contribution in [-0.2, 0) is 20.9 Å². The fourth-order valence-corrected chi connectivity index (χ4v) is 10.4. The van der Waals surface area contributed by atoms with Crippen molar-refractivity contribution in [2.24, 2.45) is 11.8 Å². The minimum atomic E-state index is -0.324. The van der Waals surface area contributed by atoms with Crippen LogP contribution in [0.3, 0.4) is 0 Å². The second kappa shape index (κ2) is 24.1. The number of hydrogen-bond donors (Lipinski definition) is 5. The summed E-state index contributed by atoms with van der Waals surface area (Å²) in [5.41, 5.74) is 6.25. The van der Waals surface area contributed by atoms with Gasteiger partial charge in [0.2, 0.25) is 23.7 Å². The van der Waals surface area contributed by atoms with E-state index in [1.807, 2.05) is 101 Å². The number of nitrogens with zero attached hydrogens (tertiary/aromatic N) is 7. The summed E-state index contributed by atoms with van der Waals surface area (Å²) >= 11 is 12.9. The Hall–Kier alpha value is -6.05. The average Bonchev–Trinajstić information content (AvgIpc) is 4.25. The van der Waals surface area contributed by atoms with E-state index in [1.165, 1.54) is 0 Å². The molecule has 0 spiro atoms. The zero-order valence-corrected chi connectivity index (χ0v) is 43.3. The number of carbonyl (C=O) groups excluding carboxylic acids is 3. The van der Waals surface area contributed by atoms with E-state index in [0.29, 0.717) is 78.9 Å². The van der Waals surface area contributed by atoms with E-state index >= 15 is 0 Å². The summed E-state index contributed by atoms with van der Waals surface area (Å²) in [5, 5.41) is 13.2. The van der Waals surface area contributed by atoms with Gasteiger partial charge in [-0.2, -0.15) is 27.0 Å². The van der Waals surface area contributed by atoms with E-state index in [1.54, 1.807) is 17.3 Å². The number of carbonyl (C=O) groups is 3. The van der Waals surface area contributed by atoms with Gasteiger partial charge in [0, 0.05) is 109 Å². The molecule has 0 saturated carbocycles. The van der Waals surface area contributed by atoms with Gasteiger partial charge in [-0.05, 0) is 69.3 Å². The van der Waals surface area contributed by atoms with Gasteiger partial charge in [0.25, 0.3) is 0 Å². The summed E-state index contributed by atoms with van der Waals surface area (Å²) in [7, 11) is 0. The van der Waals surface area contributed by atoms with Crippen molar-refractivity contribution < 1.29 is 19.1 Å². The summed E-state index contributed by atoms with van der Waals surface area (Å²) in [4.78, 5) is 68.9. The largest absolute Gasteiger partial charge is 0.445 e. The number of benzene rings is 3. The van der Waals surface area contributed by atoms with E-state index in [9.17, 15) is 14.4 Å². The Morgan fingerprint density at radius 2 is 1.06 bits per heavy atom. The third-order valence-corrected chi connectivity index (χ3v) is 14.4. The summed E-state index contributed by atoms with van der Waals surface area (Å²) in [5.74, 6) is 1.55. The molecule has 3 aromatic carbocycles. The number of H-pyrrole nitrogens is 2. The lowest BCUT2D eigenvalue weighted by atomic mass is 9.95. The predicted molar refractivity (Wildman–Crippen MR) is 293 cm³/mol. The molecule has 7 aromatic rings. The van der Waals surface area contributed by atoms with Crippen LogP contribution in [0.25, 0.3) is 44.3 Å². The first-order chi connectivity index (χ1) is 34.2. The van der Waals surface area contributed by atoms with Gasteiger partial charge in [-0.3, -0.25) is 9.59 Å². The van der Waals surface area contributed by atoms with Crippen LogP contribution >= 0.6 is 50.2 Å². The SMILES string of the molecule is O=C(C1CCNCC1)N1CC[C@H](Nc2ncc(Cl)c(-c3c[nH]c4ccccc34)n2)C1.O=C(OCc1ccccc1)N1CCC(C(=O)N2CC[C@H](Nc3ncc(Cl)c(-c4c[nH]c5ccccc45)n3)C2)CC1.S.S. The number of likely N-dealkylation sites (tertiary alicyclic amines) is 3. The molecule has 11 rings (SSSR count). The van der Waals surface area contributed by atoms with Crippen molar-refractivity contribution in [3.05, 3.63) is 119 Å². The Morgan fingerprint density at radius 1 is 0.597 bits per heavy atom. The molecule has 0 radical (unpaired) electrons. The van der Waals surface area contributed by atoms with Crippen molar-refractivity contribution >= 4 is 102 Å². The molecule has 5 N–H and O–H groups in total. The average molecular weight is 1050 g/mol. The van der Waals surface area contributed by atoms with Crippen LogP contribution in [0.5, 0.6) is 0 Å². The topological polar surface area (TPSA) is 189 Å². The first-order valence-corrected chi connectivity index (χ1v) is 24.9. The quantitative estimate of drug-likeness (QED) is 0.0880. The standard InChI is InChI=1S/C30H31ClN6O3.C22H25ClN6O.2H2S/c31-25-17-33-29(35-27(25)24-16-32-26-9-5-4-8-23(24)26)34-22-12-15-37(18-22)28(38)21-10-13-36(14-11-21)30(39)40-19-20-6-2-1-3-7-20;23-18-12-26-22(28-20(18)17-11-25-19-4-2-1-3-16(17)19)27-15-7-10-29(13-15)21(30)14-5-8-24-9-6-14;;/h1-9,16-17,21-22,32H,10-15,18-19H2,(H,33,34,35);1-4,11-12,14-15,24-25H,5-10,13H2,(H,26,27,28);2*1H2/t22-;15-;;/m00../s1. The molecule has 72 heavy (non-hydrogen) atoms. The molecular weight excluding hydrogens is 992 g/mol. The Kier molecular flexibility index (Phi) is 17.5. The van der Waals surface area contributed by atoms with Crippen LogP contribution in [0, 0.1) is 11.8 Å². The highest BCUT2D eigenvalue weighted by atomic mass is 35.5. The van der Waals surface area contributed by atoms with Crippen molar-refractivity contribution in [2.75, 3.05) is 63.0 Å². The predicted octanol–water partition coefficient (Wildman–Crippen LogP) is 8.86. The number of ether oxygens (including phenoxy) is 1. The number of halogens is 2. The first-order valence-electron chi connectivity index (χ1n) is 24.2. The molecule has 378 valence electrons. The van der Waals surface area contributed by atoms with E-state index in [-0.39, 0.29) is 75.4 Å². The third-order valence-electron chi connectivity index (χ3n) is 13.8. The van der Waals surface area contributed by atoms with E-state index < -0.39 is 0 Å². The number of fused-ring (bicyclic) bond motifs is 2. The highest BCUT2D eigenvalue weighted by Crippen LogP contribution is 2.34. The molecule has 8 heterocycles. The molecule has 3 amide bonds. The summed E-state index contributed by atoms with van der Waals surface area (Å²) in [6, 6.07) is 25.9. The van der Waals surface area contributed by atoms with Gasteiger partial charge >= 0.3 is 6.09 Å². The second-order valence-electron chi connectivity index (χ2n) is 18.4. The normalized spacial score (nSPS) is 18.2. The molecule has 4 aliphatic heterocycles. The van der Waals surface area contributed by atoms with E-state index in [2.05, 4.69) is 35.9 Å². The molecule has 4 saturated heterocycles. The summed E-state index contributed by atoms with van der Waals surface area (Å²) < 4.78 is 5.46. The van der Waals surface area contributed by atoms with Gasteiger partial charge in [0.15, 0.2) is 0 Å². The summed E-state index contributed by atoms with van der Waals surface area (Å²) in [6.45, 7) is 5.90. The Labute approximate surface area is 442 Å². The highest BCUT2D eigenvalue weighted by molar-refractivity contribution is 7.59. The number of para-hydroxylation sites is 2. The van der Waals surface area contributed by atoms with Gasteiger partial charge in [-0.1, -0.05) is 89.9 Å². The van der Waals surface area contributed by atoms with Crippen molar-refractivity contribution in [1.29, 1.82) is 0 Å². The monoisotopic (exact) mass is 1050 g/mol. The molecule has 4 aliphatic rings. The number of aromatic amines is 2. The molecule has 4 aromatic heterocycles. The van der Waals surface area contributed by atoms with Crippen molar-refractivity contribution in [1.82, 2.24) is 49.9 Å². The van der Waals surface area contributed by atoms with Gasteiger partial charge in [0.1, 0.15) is 6.61 Å². The number of anilines is 2. The number of rotatable bonds is 10. The van der Waals surface area contributed by atoms with Gasteiger partial charge in [0.05, 0.1) is 33.8 Å².